The molecule has 4 aromatic rings. The SMILES string of the molecule is Cc1cc(Cn2c(C)nc3c2CC(C(=O)O)N(C(=O)C(c2ccccc2)c2ccccc2)C3)ccc1N. The number of carbonyl (C=O) groups is 2. The first-order valence-electron chi connectivity index (χ1n) is 12.4. The molecule has 7 heteroatoms. The highest BCUT2D eigenvalue weighted by Gasteiger charge is 2.40. The van der Waals surface area contributed by atoms with Crippen molar-refractivity contribution in [3.63, 3.8) is 0 Å². The van der Waals surface area contributed by atoms with Crippen LogP contribution in [0, 0.1) is 13.8 Å². The van der Waals surface area contributed by atoms with Gasteiger partial charge in [0.25, 0.3) is 0 Å². The van der Waals surface area contributed by atoms with E-state index < -0.39 is 17.9 Å². The predicted octanol–water partition coefficient (Wildman–Crippen LogP) is 4.30. The van der Waals surface area contributed by atoms with Gasteiger partial charge in [0.05, 0.1) is 18.2 Å². The van der Waals surface area contributed by atoms with Crippen LogP contribution in [0.1, 0.15) is 45.4 Å². The van der Waals surface area contributed by atoms with Crippen molar-refractivity contribution >= 4 is 17.6 Å². The summed E-state index contributed by atoms with van der Waals surface area (Å²) in [6, 6.07) is 23.9. The minimum Gasteiger partial charge on any atom is -0.480 e. The van der Waals surface area contributed by atoms with E-state index in [2.05, 4.69) is 4.57 Å². The van der Waals surface area contributed by atoms with Gasteiger partial charge in [-0.15, -0.1) is 0 Å². The van der Waals surface area contributed by atoms with Gasteiger partial charge in [-0.1, -0.05) is 72.8 Å². The Balaban J connectivity index is 1.51. The minimum absolute atomic E-state index is 0.149. The Bertz CT molecular complexity index is 1410. The van der Waals surface area contributed by atoms with Gasteiger partial charge in [-0.3, -0.25) is 4.79 Å². The van der Waals surface area contributed by atoms with Crippen molar-refractivity contribution < 1.29 is 14.7 Å². The predicted molar refractivity (Wildman–Crippen MR) is 142 cm³/mol. The number of anilines is 1. The number of carbonyl (C=O) groups excluding carboxylic acids is 1. The second kappa shape index (κ2) is 9.93. The highest BCUT2D eigenvalue weighted by atomic mass is 16.4. The molecule has 2 heterocycles. The number of rotatable bonds is 6. The molecular formula is C30H30N4O3. The number of imidazole rings is 1. The monoisotopic (exact) mass is 494 g/mol. The fourth-order valence-corrected chi connectivity index (χ4v) is 5.21. The van der Waals surface area contributed by atoms with Gasteiger partial charge in [-0.2, -0.15) is 0 Å². The van der Waals surface area contributed by atoms with Crippen molar-refractivity contribution in [1.82, 2.24) is 14.5 Å². The number of hydrogen-bond acceptors (Lipinski definition) is 4. The van der Waals surface area contributed by atoms with Gasteiger partial charge in [0.1, 0.15) is 11.9 Å². The van der Waals surface area contributed by atoms with Gasteiger partial charge in [-0.25, -0.2) is 9.78 Å². The number of aromatic nitrogens is 2. The van der Waals surface area contributed by atoms with E-state index in [0.29, 0.717) is 6.54 Å². The summed E-state index contributed by atoms with van der Waals surface area (Å²) in [5.74, 6) is -1.07. The Hall–Kier alpha value is -4.39. The first kappa shape index (κ1) is 24.3. The molecule has 3 aromatic carbocycles. The second-order valence-corrected chi connectivity index (χ2v) is 9.61. The first-order valence-corrected chi connectivity index (χ1v) is 12.4. The van der Waals surface area contributed by atoms with E-state index in [9.17, 15) is 14.7 Å². The smallest absolute Gasteiger partial charge is 0.326 e. The first-order chi connectivity index (χ1) is 17.8. The van der Waals surface area contributed by atoms with Gasteiger partial charge < -0.3 is 20.3 Å². The molecule has 0 radical (unpaired) electrons. The lowest BCUT2D eigenvalue weighted by molar-refractivity contribution is -0.151. The van der Waals surface area contributed by atoms with Crippen molar-refractivity contribution in [1.29, 1.82) is 0 Å². The molecule has 3 N–H and O–H groups in total. The number of hydrogen-bond donors (Lipinski definition) is 2. The Kier molecular flexibility index (Phi) is 6.53. The molecule has 1 aliphatic heterocycles. The van der Waals surface area contributed by atoms with Crippen molar-refractivity contribution in [3.8, 4) is 0 Å². The quantitative estimate of drug-likeness (QED) is 0.389. The summed E-state index contributed by atoms with van der Waals surface area (Å²) in [4.78, 5) is 32.8. The van der Waals surface area contributed by atoms with E-state index in [0.717, 1.165) is 45.2 Å². The maximum atomic E-state index is 14.1. The third-order valence-electron chi connectivity index (χ3n) is 7.19. The summed E-state index contributed by atoms with van der Waals surface area (Å²) >= 11 is 0. The molecule has 37 heavy (non-hydrogen) atoms. The zero-order chi connectivity index (χ0) is 26.1. The third kappa shape index (κ3) is 4.72. The van der Waals surface area contributed by atoms with E-state index in [1.165, 1.54) is 4.90 Å². The highest BCUT2D eigenvalue weighted by molar-refractivity contribution is 5.91. The number of nitrogens with zero attached hydrogens (tertiary/aromatic N) is 3. The zero-order valence-electron chi connectivity index (χ0n) is 21.0. The second-order valence-electron chi connectivity index (χ2n) is 9.61. The summed E-state index contributed by atoms with van der Waals surface area (Å²) in [6.07, 6.45) is 0.196. The van der Waals surface area contributed by atoms with E-state index in [1.54, 1.807) is 0 Å². The molecule has 0 saturated heterocycles. The van der Waals surface area contributed by atoms with Gasteiger partial charge in [-0.05, 0) is 42.2 Å². The number of carboxylic acids is 1. The molecule has 1 aliphatic rings. The lowest BCUT2D eigenvalue weighted by Crippen LogP contribution is -2.50. The number of aliphatic carboxylic acids is 1. The third-order valence-corrected chi connectivity index (χ3v) is 7.19. The Morgan fingerprint density at radius 2 is 1.62 bits per heavy atom. The Morgan fingerprint density at radius 3 is 2.19 bits per heavy atom. The van der Waals surface area contributed by atoms with Crippen LogP contribution in [-0.4, -0.2) is 37.5 Å². The molecule has 1 unspecified atom stereocenters. The van der Waals surface area contributed by atoms with E-state index in [4.69, 9.17) is 10.7 Å². The molecule has 1 atom stereocenters. The van der Waals surface area contributed by atoms with E-state index >= 15 is 0 Å². The molecule has 0 aliphatic carbocycles. The summed E-state index contributed by atoms with van der Waals surface area (Å²) in [6.45, 7) is 4.60. The molecule has 0 fully saturated rings. The van der Waals surface area contributed by atoms with Crippen LogP contribution in [0.5, 0.6) is 0 Å². The number of fused-ring (bicyclic) bond motifs is 1. The molecule has 0 bridgehead atoms. The van der Waals surface area contributed by atoms with Crippen LogP contribution in [0.2, 0.25) is 0 Å². The number of benzene rings is 3. The molecule has 5 rings (SSSR count). The maximum Gasteiger partial charge on any atom is 0.326 e. The topological polar surface area (TPSA) is 101 Å². The fraction of sp³-hybridized carbons (Fsp3) is 0.233. The van der Waals surface area contributed by atoms with Gasteiger partial charge >= 0.3 is 5.97 Å². The molecular weight excluding hydrogens is 464 g/mol. The molecule has 0 saturated carbocycles. The number of aryl methyl sites for hydroxylation is 2. The number of amides is 1. The summed E-state index contributed by atoms with van der Waals surface area (Å²) in [7, 11) is 0. The number of carboxylic acid groups (broad SMARTS) is 1. The molecule has 7 nitrogen and oxygen atoms in total. The summed E-state index contributed by atoms with van der Waals surface area (Å²) in [5.41, 5.74) is 12.0. The minimum atomic E-state index is -1.02. The van der Waals surface area contributed by atoms with Crippen LogP contribution < -0.4 is 5.73 Å². The van der Waals surface area contributed by atoms with Crippen molar-refractivity contribution in [2.24, 2.45) is 0 Å². The van der Waals surface area contributed by atoms with Crippen LogP contribution >= 0.6 is 0 Å². The Labute approximate surface area is 216 Å². The standard InChI is InChI=1S/C30H30N4O3/c1-19-15-21(13-14-24(19)31)17-33-20(2)32-25-18-34(27(30(36)37)16-26(25)33)29(35)28(22-9-5-3-6-10-22)23-11-7-4-8-12-23/h3-15,27-28H,16-18,31H2,1-2H3,(H,36,37). The van der Waals surface area contributed by atoms with Crippen molar-refractivity contribution in [3.05, 3.63) is 118 Å². The number of nitrogens with two attached hydrogens (primary N) is 1. The average Bonchev–Trinajstić information content (AvgIpc) is 3.20. The van der Waals surface area contributed by atoms with Crippen LogP contribution in [-0.2, 0) is 29.1 Å². The van der Waals surface area contributed by atoms with Crippen LogP contribution in [0.15, 0.2) is 78.9 Å². The summed E-state index contributed by atoms with van der Waals surface area (Å²) < 4.78 is 2.06. The molecule has 188 valence electrons. The highest BCUT2D eigenvalue weighted by Crippen LogP contribution is 2.32. The molecule has 1 aromatic heterocycles. The summed E-state index contributed by atoms with van der Waals surface area (Å²) in [5, 5.41) is 10.2. The molecule has 1 amide bonds. The van der Waals surface area contributed by atoms with Crippen LogP contribution in [0.25, 0.3) is 0 Å². The average molecular weight is 495 g/mol. The normalized spacial score (nSPS) is 15.0. The van der Waals surface area contributed by atoms with Crippen molar-refractivity contribution in [2.45, 2.75) is 45.3 Å². The lowest BCUT2D eigenvalue weighted by Gasteiger charge is -2.35. The van der Waals surface area contributed by atoms with Crippen molar-refractivity contribution in [2.75, 3.05) is 5.73 Å². The lowest BCUT2D eigenvalue weighted by atomic mass is 9.88. The van der Waals surface area contributed by atoms with Gasteiger partial charge in [0.15, 0.2) is 0 Å². The molecule has 0 spiro atoms. The van der Waals surface area contributed by atoms with E-state index in [1.807, 2.05) is 92.7 Å². The largest absolute Gasteiger partial charge is 0.480 e. The zero-order valence-corrected chi connectivity index (χ0v) is 21.0. The van der Waals surface area contributed by atoms with Crippen LogP contribution in [0.4, 0.5) is 5.69 Å². The Morgan fingerprint density at radius 1 is 1.00 bits per heavy atom. The van der Waals surface area contributed by atoms with Gasteiger partial charge in [0.2, 0.25) is 5.91 Å². The van der Waals surface area contributed by atoms with E-state index in [-0.39, 0.29) is 18.9 Å². The fourth-order valence-electron chi connectivity index (χ4n) is 5.21. The number of nitrogen functional groups attached to an aromatic ring is 1. The van der Waals surface area contributed by atoms with Crippen LogP contribution in [0.3, 0.4) is 0 Å². The maximum absolute atomic E-state index is 14.1. The van der Waals surface area contributed by atoms with Gasteiger partial charge in [0, 0.05) is 24.3 Å².